The zero-order chi connectivity index (χ0) is 23.1. The molecule has 0 radical (unpaired) electrons. The number of halogens is 1. The lowest BCUT2D eigenvalue weighted by Gasteiger charge is -2.19. The molecule has 0 aromatic heterocycles. The Kier molecular flexibility index (Phi) is 5.66. The van der Waals surface area contributed by atoms with E-state index in [9.17, 15) is 19.2 Å². The predicted octanol–water partition coefficient (Wildman–Crippen LogP) is 3.98. The first-order valence-corrected chi connectivity index (χ1v) is 11.6. The van der Waals surface area contributed by atoms with E-state index in [-0.39, 0.29) is 42.5 Å². The lowest BCUT2D eigenvalue weighted by Crippen LogP contribution is -2.30. The van der Waals surface area contributed by atoms with Gasteiger partial charge in [-0.1, -0.05) is 24.4 Å². The zero-order valence-electron chi connectivity index (χ0n) is 17.9. The molecule has 3 amide bonds. The fourth-order valence-corrected chi connectivity index (χ4v) is 5.14. The number of hydrogen-bond acceptors (Lipinski definition) is 5. The summed E-state index contributed by atoms with van der Waals surface area (Å²) in [4.78, 5) is 53.4. The predicted molar refractivity (Wildman–Crippen MR) is 122 cm³/mol. The summed E-state index contributed by atoms with van der Waals surface area (Å²) in [5.41, 5.74) is 1.17. The monoisotopic (exact) mass is 466 g/mol. The lowest BCUT2D eigenvalue weighted by molar-refractivity contribution is -0.139. The maximum absolute atomic E-state index is 12.8. The third-order valence-corrected chi connectivity index (χ3v) is 7.00. The molecule has 2 aromatic carbocycles. The Morgan fingerprint density at radius 2 is 1.42 bits per heavy atom. The van der Waals surface area contributed by atoms with Crippen LogP contribution in [0.25, 0.3) is 0 Å². The van der Waals surface area contributed by atoms with Gasteiger partial charge in [-0.2, -0.15) is 0 Å². The van der Waals surface area contributed by atoms with Gasteiger partial charge in [-0.3, -0.25) is 24.1 Å². The number of rotatable bonds is 4. The van der Waals surface area contributed by atoms with Crippen molar-refractivity contribution in [3.63, 3.8) is 0 Å². The largest absolute Gasteiger partial charge is 0.426 e. The fraction of sp³-hybridized carbons (Fsp3) is 0.360. The number of ether oxygens (including phenoxy) is 1. The van der Waals surface area contributed by atoms with Crippen LogP contribution in [-0.2, 0) is 19.2 Å². The molecule has 2 aromatic rings. The van der Waals surface area contributed by atoms with Crippen LogP contribution in [-0.4, -0.2) is 30.2 Å². The number of amides is 3. The molecule has 0 unspecified atom stereocenters. The van der Waals surface area contributed by atoms with Crippen molar-refractivity contribution in [1.82, 2.24) is 0 Å². The van der Waals surface area contributed by atoms with E-state index in [2.05, 4.69) is 0 Å². The summed E-state index contributed by atoms with van der Waals surface area (Å²) < 4.78 is 5.49. The molecule has 3 fully saturated rings. The molecule has 3 aliphatic rings. The van der Waals surface area contributed by atoms with Crippen LogP contribution in [0.1, 0.15) is 32.1 Å². The summed E-state index contributed by atoms with van der Waals surface area (Å²) in [6, 6.07) is 13.3. The van der Waals surface area contributed by atoms with E-state index in [0.29, 0.717) is 22.1 Å². The van der Waals surface area contributed by atoms with Crippen molar-refractivity contribution in [2.75, 3.05) is 16.3 Å². The summed E-state index contributed by atoms with van der Waals surface area (Å²) in [6.45, 7) is 0.233. The van der Waals surface area contributed by atoms with Gasteiger partial charge < -0.3 is 9.64 Å². The summed E-state index contributed by atoms with van der Waals surface area (Å²) in [5, 5.41) is 0.570. The molecule has 1 saturated carbocycles. The highest BCUT2D eigenvalue weighted by Gasteiger charge is 2.48. The Bertz CT molecular complexity index is 1090. The molecule has 1 aliphatic carbocycles. The molecule has 0 bridgehead atoms. The van der Waals surface area contributed by atoms with Gasteiger partial charge in [0.05, 0.1) is 23.4 Å². The molecule has 0 N–H and O–H groups in total. The molecule has 2 aliphatic heterocycles. The van der Waals surface area contributed by atoms with E-state index in [0.717, 1.165) is 25.7 Å². The molecule has 8 heteroatoms. The molecule has 7 nitrogen and oxygen atoms in total. The molecular weight excluding hydrogens is 444 g/mol. The van der Waals surface area contributed by atoms with E-state index >= 15 is 0 Å². The van der Waals surface area contributed by atoms with E-state index in [1.54, 1.807) is 53.4 Å². The van der Waals surface area contributed by atoms with Crippen molar-refractivity contribution < 1.29 is 23.9 Å². The Hall–Kier alpha value is -3.19. The van der Waals surface area contributed by atoms with Crippen LogP contribution in [0.5, 0.6) is 5.75 Å². The van der Waals surface area contributed by atoms with Gasteiger partial charge in [0.1, 0.15) is 5.75 Å². The molecule has 5 rings (SSSR count). The Labute approximate surface area is 196 Å². The first kappa shape index (κ1) is 21.6. The minimum absolute atomic E-state index is 0.0686. The van der Waals surface area contributed by atoms with Crippen molar-refractivity contribution in [2.24, 2.45) is 17.8 Å². The summed E-state index contributed by atoms with van der Waals surface area (Å²) in [5.74, 6) is -1.63. The van der Waals surface area contributed by atoms with Gasteiger partial charge in [-0.05, 0) is 61.4 Å². The molecule has 0 spiro atoms. The summed E-state index contributed by atoms with van der Waals surface area (Å²) >= 11 is 5.91. The highest BCUT2D eigenvalue weighted by atomic mass is 35.5. The van der Waals surface area contributed by atoms with Crippen LogP contribution in [0, 0.1) is 17.8 Å². The van der Waals surface area contributed by atoms with Crippen molar-refractivity contribution in [3.05, 3.63) is 53.6 Å². The minimum Gasteiger partial charge on any atom is -0.426 e. The van der Waals surface area contributed by atoms with Gasteiger partial charge in [0, 0.05) is 23.7 Å². The van der Waals surface area contributed by atoms with E-state index in [1.165, 1.54) is 4.90 Å². The Balaban J connectivity index is 1.24. The van der Waals surface area contributed by atoms with Crippen molar-refractivity contribution in [2.45, 2.75) is 32.1 Å². The fourth-order valence-electron chi connectivity index (χ4n) is 5.02. The van der Waals surface area contributed by atoms with Crippen molar-refractivity contribution in [1.29, 1.82) is 0 Å². The molecule has 2 saturated heterocycles. The highest BCUT2D eigenvalue weighted by Crippen LogP contribution is 2.40. The van der Waals surface area contributed by atoms with Crippen LogP contribution in [0.4, 0.5) is 11.4 Å². The highest BCUT2D eigenvalue weighted by molar-refractivity contribution is 6.30. The average Bonchev–Trinajstić information content (AvgIpc) is 3.33. The number of benzene rings is 2. The number of hydrogen-bond donors (Lipinski definition) is 0. The second kappa shape index (κ2) is 8.63. The number of anilines is 2. The van der Waals surface area contributed by atoms with Gasteiger partial charge in [0.25, 0.3) is 0 Å². The van der Waals surface area contributed by atoms with E-state index in [4.69, 9.17) is 16.3 Å². The zero-order valence-corrected chi connectivity index (χ0v) is 18.7. The van der Waals surface area contributed by atoms with Crippen LogP contribution in [0.3, 0.4) is 0 Å². The van der Waals surface area contributed by atoms with Crippen molar-refractivity contribution in [3.8, 4) is 5.75 Å². The van der Waals surface area contributed by atoms with E-state index in [1.807, 2.05) is 0 Å². The third-order valence-electron chi connectivity index (χ3n) is 6.75. The van der Waals surface area contributed by atoms with Crippen molar-refractivity contribution >= 4 is 46.7 Å². The van der Waals surface area contributed by atoms with Gasteiger partial charge in [-0.25, -0.2) is 0 Å². The molecular formula is C25H23ClN2O5. The molecule has 170 valence electrons. The quantitative estimate of drug-likeness (QED) is 0.386. The Morgan fingerprint density at radius 1 is 0.848 bits per heavy atom. The summed E-state index contributed by atoms with van der Waals surface area (Å²) in [7, 11) is 0. The molecule has 33 heavy (non-hydrogen) atoms. The number of carbonyl (C=O) groups excluding carboxylic acids is 4. The number of carbonyl (C=O) groups is 4. The van der Waals surface area contributed by atoms with E-state index < -0.39 is 11.9 Å². The van der Waals surface area contributed by atoms with Crippen LogP contribution in [0.2, 0.25) is 5.02 Å². The van der Waals surface area contributed by atoms with Crippen LogP contribution < -0.4 is 14.5 Å². The van der Waals surface area contributed by atoms with Gasteiger partial charge in [0.15, 0.2) is 0 Å². The second-order valence-electron chi connectivity index (χ2n) is 8.81. The lowest BCUT2D eigenvalue weighted by atomic mass is 9.81. The SMILES string of the molecule is O=C(Oc1ccc(N2C(=O)[C@@H]3CCCC[C@H]3C2=O)cc1)[C@@H]1CC(=O)N(c2ccc(Cl)cc2)C1. The number of esters is 1. The maximum Gasteiger partial charge on any atom is 0.316 e. The number of imide groups is 1. The molecule has 2 heterocycles. The van der Waals surface area contributed by atoms with Crippen LogP contribution in [0.15, 0.2) is 48.5 Å². The number of fused-ring (bicyclic) bond motifs is 1. The number of nitrogens with zero attached hydrogens (tertiary/aromatic N) is 2. The minimum atomic E-state index is -0.585. The molecule has 3 atom stereocenters. The Morgan fingerprint density at radius 3 is 2.03 bits per heavy atom. The second-order valence-corrected chi connectivity index (χ2v) is 9.24. The first-order chi connectivity index (χ1) is 15.9. The summed E-state index contributed by atoms with van der Waals surface area (Å²) in [6.07, 6.45) is 3.53. The standard InChI is InChI=1S/C25H23ClN2O5/c26-16-5-7-17(8-6-16)27-14-15(13-22(27)29)25(32)33-19-11-9-18(10-12-19)28-23(30)20-3-1-2-4-21(20)24(28)31/h5-12,15,20-21H,1-4,13-14H2/t15-,20-,21-/m1/s1. The van der Waals surface area contributed by atoms with Crippen LogP contribution >= 0.6 is 11.6 Å². The van der Waals surface area contributed by atoms with Gasteiger partial charge >= 0.3 is 5.97 Å². The average molecular weight is 467 g/mol. The van der Waals surface area contributed by atoms with Gasteiger partial charge in [-0.15, -0.1) is 0 Å². The van der Waals surface area contributed by atoms with Gasteiger partial charge in [0.2, 0.25) is 17.7 Å². The topological polar surface area (TPSA) is 84.0 Å². The maximum atomic E-state index is 12.8. The smallest absolute Gasteiger partial charge is 0.316 e. The first-order valence-electron chi connectivity index (χ1n) is 11.2. The third kappa shape index (κ3) is 4.02. The normalized spacial score (nSPS) is 24.9.